The molecule has 4 rings (SSSR count). The average molecular weight is 428 g/mol. The second-order valence-electron chi connectivity index (χ2n) is 6.19. The van der Waals surface area contributed by atoms with Crippen LogP contribution < -0.4 is 10.1 Å². The van der Waals surface area contributed by atoms with Crippen LogP contribution in [0.15, 0.2) is 65.7 Å². The number of hydrogen-bond donors (Lipinski definition) is 1. The monoisotopic (exact) mass is 427 g/mol. The van der Waals surface area contributed by atoms with Gasteiger partial charge in [0.15, 0.2) is 11.5 Å². The van der Waals surface area contributed by atoms with E-state index in [1.165, 1.54) is 24.5 Å². The van der Waals surface area contributed by atoms with E-state index in [1.54, 1.807) is 11.0 Å². The van der Waals surface area contributed by atoms with Crippen LogP contribution in [-0.4, -0.2) is 25.8 Å². The Morgan fingerprint density at radius 3 is 2.90 bits per heavy atom. The number of para-hydroxylation sites is 1. The molecule has 0 aliphatic rings. The molecule has 0 saturated heterocycles. The number of nitrogens with zero attached hydrogens (tertiary/aromatic N) is 4. The number of carbonyl (C=O) groups excluding carboxylic acids is 1. The summed E-state index contributed by atoms with van der Waals surface area (Å²) < 4.78 is 25.3. The van der Waals surface area contributed by atoms with Crippen LogP contribution in [0.3, 0.4) is 0 Å². The van der Waals surface area contributed by atoms with Crippen LogP contribution in [0.25, 0.3) is 5.69 Å². The number of carbonyl (C=O) groups is 1. The maximum atomic E-state index is 13.1. The fourth-order valence-electron chi connectivity index (χ4n) is 2.71. The number of halogens is 2. The van der Waals surface area contributed by atoms with Crippen molar-refractivity contribution in [2.45, 2.75) is 13.2 Å². The van der Waals surface area contributed by atoms with Gasteiger partial charge in [-0.05, 0) is 29.8 Å². The SMILES string of the molecule is O=C(NCc1ccccc1-n1cncn1)c1cc(COc2ccc(F)cc2Cl)on1. The van der Waals surface area contributed by atoms with Gasteiger partial charge in [0.25, 0.3) is 5.91 Å². The Labute approximate surface area is 175 Å². The Morgan fingerprint density at radius 2 is 2.10 bits per heavy atom. The minimum Gasteiger partial charge on any atom is -0.484 e. The summed E-state index contributed by atoms with van der Waals surface area (Å²) in [7, 11) is 0. The van der Waals surface area contributed by atoms with Crippen LogP contribution in [0.5, 0.6) is 5.75 Å². The molecular weight excluding hydrogens is 413 g/mol. The first-order chi connectivity index (χ1) is 14.6. The summed E-state index contributed by atoms with van der Waals surface area (Å²) in [6.45, 7) is 0.250. The molecule has 2 aromatic heterocycles. The van der Waals surface area contributed by atoms with Crippen molar-refractivity contribution in [2.75, 3.05) is 0 Å². The van der Waals surface area contributed by atoms with Crippen molar-refractivity contribution in [1.29, 1.82) is 0 Å². The molecule has 0 atom stereocenters. The Balaban J connectivity index is 1.37. The van der Waals surface area contributed by atoms with E-state index in [0.717, 1.165) is 17.3 Å². The van der Waals surface area contributed by atoms with Crippen molar-refractivity contribution in [1.82, 2.24) is 25.2 Å². The first kappa shape index (κ1) is 19.6. The van der Waals surface area contributed by atoms with Gasteiger partial charge >= 0.3 is 0 Å². The van der Waals surface area contributed by atoms with Gasteiger partial charge in [0.05, 0.1) is 10.7 Å². The summed E-state index contributed by atoms with van der Waals surface area (Å²) in [4.78, 5) is 16.4. The van der Waals surface area contributed by atoms with Crippen LogP contribution in [0.4, 0.5) is 4.39 Å². The zero-order chi connectivity index (χ0) is 20.9. The molecule has 10 heteroatoms. The van der Waals surface area contributed by atoms with Gasteiger partial charge in [-0.15, -0.1) is 0 Å². The van der Waals surface area contributed by atoms with Crippen molar-refractivity contribution >= 4 is 17.5 Å². The highest BCUT2D eigenvalue weighted by Crippen LogP contribution is 2.25. The number of benzene rings is 2. The minimum absolute atomic E-state index is 0.0131. The summed E-state index contributed by atoms with van der Waals surface area (Å²) in [5, 5.41) is 10.8. The predicted octanol–water partition coefficient (Wildman–Crippen LogP) is 3.56. The molecule has 0 bridgehead atoms. The van der Waals surface area contributed by atoms with Gasteiger partial charge in [0.2, 0.25) is 0 Å². The highest BCUT2D eigenvalue weighted by Gasteiger charge is 2.14. The maximum Gasteiger partial charge on any atom is 0.273 e. The van der Waals surface area contributed by atoms with Gasteiger partial charge < -0.3 is 14.6 Å². The van der Waals surface area contributed by atoms with E-state index >= 15 is 0 Å². The zero-order valence-corrected chi connectivity index (χ0v) is 16.2. The van der Waals surface area contributed by atoms with Crippen molar-refractivity contribution in [3.8, 4) is 11.4 Å². The van der Waals surface area contributed by atoms with Crippen LogP contribution in [0, 0.1) is 5.82 Å². The van der Waals surface area contributed by atoms with Crippen LogP contribution in [0.1, 0.15) is 21.8 Å². The normalized spacial score (nSPS) is 10.7. The third-order valence-electron chi connectivity index (χ3n) is 4.15. The standard InChI is InChI=1S/C20H15ClFN5O3/c21-16-7-14(22)5-6-19(16)29-10-15-8-17(26-30-15)20(28)24-9-13-3-1-2-4-18(13)27-12-23-11-25-27/h1-8,11-12H,9-10H2,(H,24,28). The van der Waals surface area contributed by atoms with E-state index in [2.05, 4.69) is 20.6 Å². The molecule has 2 heterocycles. The molecule has 0 saturated carbocycles. The minimum atomic E-state index is -0.462. The van der Waals surface area contributed by atoms with E-state index in [-0.39, 0.29) is 23.9 Å². The van der Waals surface area contributed by atoms with Crippen LogP contribution >= 0.6 is 11.6 Å². The van der Waals surface area contributed by atoms with Gasteiger partial charge in [-0.25, -0.2) is 14.1 Å². The highest BCUT2D eigenvalue weighted by molar-refractivity contribution is 6.32. The molecule has 30 heavy (non-hydrogen) atoms. The quantitative estimate of drug-likeness (QED) is 0.484. The fraction of sp³-hybridized carbons (Fsp3) is 0.100. The lowest BCUT2D eigenvalue weighted by atomic mass is 10.1. The average Bonchev–Trinajstić information content (AvgIpc) is 3.44. The second-order valence-corrected chi connectivity index (χ2v) is 6.60. The topological polar surface area (TPSA) is 95.1 Å². The van der Waals surface area contributed by atoms with Crippen molar-refractivity contribution < 1.29 is 18.4 Å². The summed E-state index contributed by atoms with van der Waals surface area (Å²) in [6, 6.07) is 12.8. The molecule has 8 nitrogen and oxygen atoms in total. The smallest absolute Gasteiger partial charge is 0.273 e. The third-order valence-corrected chi connectivity index (χ3v) is 4.45. The van der Waals surface area contributed by atoms with E-state index in [4.69, 9.17) is 20.9 Å². The molecule has 152 valence electrons. The van der Waals surface area contributed by atoms with Crippen LogP contribution in [0.2, 0.25) is 5.02 Å². The lowest BCUT2D eigenvalue weighted by Gasteiger charge is -2.09. The molecule has 0 unspecified atom stereocenters. The van der Waals surface area contributed by atoms with E-state index in [0.29, 0.717) is 11.5 Å². The third kappa shape index (κ3) is 4.47. The molecule has 0 radical (unpaired) electrons. The van der Waals surface area contributed by atoms with Crippen molar-refractivity contribution in [3.05, 3.63) is 89.0 Å². The Hall–Kier alpha value is -3.72. The second kappa shape index (κ2) is 8.75. The lowest BCUT2D eigenvalue weighted by Crippen LogP contribution is -2.23. The summed E-state index contributed by atoms with van der Waals surface area (Å²) >= 11 is 5.92. The largest absolute Gasteiger partial charge is 0.484 e. The molecular formula is C20H15ClFN5O3. The van der Waals surface area contributed by atoms with Crippen molar-refractivity contribution in [2.24, 2.45) is 0 Å². The summed E-state index contributed by atoms with van der Waals surface area (Å²) in [5.74, 6) is -0.247. The van der Waals surface area contributed by atoms with Gasteiger partial charge in [-0.1, -0.05) is 35.0 Å². The van der Waals surface area contributed by atoms with E-state index in [1.807, 2.05) is 24.3 Å². The molecule has 1 N–H and O–H groups in total. The van der Waals surface area contributed by atoms with Gasteiger partial charge in [-0.3, -0.25) is 4.79 Å². The number of hydrogen-bond acceptors (Lipinski definition) is 6. The first-order valence-electron chi connectivity index (χ1n) is 8.84. The highest BCUT2D eigenvalue weighted by atomic mass is 35.5. The number of rotatable bonds is 7. The molecule has 1 amide bonds. The van der Waals surface area contributed by atoms with Gasteiger partial charge in [0.1, 0.15) is 30.8 Å². The Kier molecular flexibility index (Phi) is 5.71. The Morgan fingerprint density at radius 1 is 1.23 bits per heavy atom. The maximum absolute atomic E-state index is 13.1. The predicted molar refractivity (Wildman–Crippen MR) is 105 cm³/mol. The molecule has 0 spiro atoms. The lowest BCUT2D eigenvalue weighted by molar-refractivity contribution is 0.0941. The number of ether oxygens (including phenoxy) is 1. The van der Waals surface area contributed by atoms with Gasteiger partial charge in [0, 0.05) is 12.6 Å². The van der Waals surface area contributed by atoms with E-state index in [9.17, 15) is 9.18 Å². The Bertz CT molecular complexity index is 1160. The molecule has 4 aromatic rings. The molecule has 0 aliphatic heterocycles. The molecule has 0 aliphatic carbocycles. The number of nitrogens with one attached hydrogen (secondary N) is 1. The van der Waals surface area contributed by atoms with Crippen LogP contribution in [-0.2, 0) is 13.2 Å². The molecule has 0 fully saturated rings. The first-order valence-corrected chi connectivity index (χ1v) is 9.22. The van der Waals surface area contributed by atoms with E-state index < -0.39 is 11.7 Å². The van der Waals surface area contributed by atoms with Gasteiger partial charge in [-0.2, -0.15) is 5.10 Å². The fourth-order valence-corrected chi connectivity index (χ4v) is 2.93. The molecule has 2 aromatic carbocycles. The number of aromatic nitrogens is 4. The summed E-state index contributed by atoms with van der Waals surface area (Å²) in [6.07, 6.45) is 3.02. The van der Waals surface area contributed by atoms with Crippen molar-refractivity contribution in [3.63, 3.8) is 0 Å². The zero-order valence-electron chi connectivity index (χ0n) is 15.5. The number of amides is 1. The summed E-state index contributed by atoms with van der Waals surface area (Å²) in [5.41, 5.74) is 1.77.